The Hall–Kier alpha value is -3.57. The highest BCUT2D eigenvalue weighted by Gasteiger charge is 2.37. The van der Waals surface area contributed by atoms with Crippen molar-refractivity contribution in [2.75, 3.05) is 17.2 Å². The van der Waals surface area contributed by atoms with Crippen LogP contribution in [0.2, 0.25) is 0 Å². The van der Waals surface area contributed by atoms with Crippen molar-refractivity contribution in [2.24, 2.45) is 0 Å². The molecule has 0 saturated carbocycles. The minimum Gasteiger partial charge on any atom is -0.494 e. The van der Waals surface area contributed by atoms with Gasteiger partial charge >= 0.3 is 0 Å². The third kappa shape index (κ3) is 4.10. The molecule has 0 radical (unpaired) electrons. The van der Waals surface area contributed by atoms with Gasteiger partial charge in [0.1, 0.15) is 0 Å². The zero-order valence-electron chi connectivity index (χ0n) is 18.7. The molecule has 1 aliphatic heterocycles. The van der Waals surface area contributed by atoms with Crippen molar-refractivity contribution in [1.29, 1.82) is 0 Å². The first-order valence-electron chi connectivity index (χ1n) is 10.5. The number of rotatable bonds is 6. The average Bonchev–Trinajstić information content (AvgIpc) is 2.82. The highest BCUT2D eigenvalue weighted by atomic mass is 32.2. The van der Waals surface area contributed by atoms with Gasteiger partial charge in [-0.2, -0.15) is 0 Å². The van der Waals surface area contributed by atoms with E-state index in [1.807, 2.05) is 0 Å². The molecule has 1 aliphatic rings. The molecule has 0 aromatic heterocycles. The minimum atomic E-state index is -4.26. The molecule has 8 nitrogen and oxygen atoms in total. The lowest BCUT2D eigenvalue weighted by atomic mass is 10.0. The molecule has 182 valence electrons. The number of carbonyl (C=O) groups excluding carboxylic acids is 2. The van der Waals surface area contributed by atoms with Crippen molar-refractivity contribution >= 4 is 37.2 Å². The molecule has 4 rings (SSSR count). The minimum absolute atomic E-state index is 0.0138. The summed E-state index contributed by atoms with van der Waals surface area (Å²) in [5, 5.41) is 0. The number of sulfonamides is 1. The molecule has 3 aromatic carbocycles. The van der Waals surface area contributed by atoms with E-state index in [0.29, 0.717) is 4.31 Å². The molecule has 1 heterocycles. The molecule has 11 heteroatoms. The van der Waals surface area contributed by atoms with Crippen molar-refractivity contribution < 1.29 is 35.6 Å². The maximum Gasteiger partial charge on any atom is 0.272 e. The summed E-state index contributed by atoms with van der Waals surface area (Å²) < 4.78 is 72.1. The zero-order chi connectivity index (χ0) is 25.5. The van der Waals surface area contributed by atoms with Crippen molar-refractivity contribution in [3.05, 3.63) is 83.2 Å². The quantitative estimate of drug-likeness (QED) is 0.384. The number of carbonyl (C=O) groups is 2. The van der Waals surface area contributed by atoms with Gasteiger partial charge in [-0.25, -0.2) is 25.5 Å². The van der Waals surface area contributed by atoms with Crippen LogP contribution in [-0.2, 0) is 19.9 Å². The first-order chi connectivity index (χ1) is 16.5. The van der Waals surface area contributed by atoms with Gasteiger partial charge in [-0.1, -0.05) is 19.1 Å². The van der Waals surface area contributed by atoms with E-state index in [4.69, 9.17) is 4.74 Å². The third-order valence-corrected chi connectivity index (χ3v) is 9.19. The van der Waals surface area contributed by atoms with E-state index in [1.165, 1.54) is 49.6 Å². The topological polar surface area (TPSA) is 115 Å². The number of amides is 1. The van der Waals surface area contributed by atoms with Gasteiger partial charge in [0.2, 0.25) is 19.9 Å². The first kappa shape index (κ1) is 24.6. The number of methoxy groups -OCH3 is 1. The third-order valence-electron chi connectivity index (χ3n) is 5.48. The van der Waals surface area contributed by atoms with Crippen LogP contribution in [0.5, 0.6) is 5.75 Å². The van der Waals surface area contributed by atoms with Gasteiger partial charge in [0.25, 0.3) is 5.91 Å². The molecule has 1 amide bonds. The second-order valence-electron chi connectivity index (χ2n) is 7.74. The standard InChI is InChI=1S/C24H20FNO7S2/c1-3-12-34(29,30)26(16-9-11-20(33-2)19(25)14-16)24(28)15-8-10-18-22(13-15)35(31,32)21-7-5-4-6-17(21)23(18)27/h4-11,13-14H,3,12H2,1-2H3. The van der Waals surface area contributed by atoms with E-state index in [9.17, 15) is 30.8 Å². The van der Waals surface area contributed by atoms with Gasteiger partial charge in [0.05, 0.1) is 28.3 Å². The molecular weight excluding hydrogens is 497 g/mol. The molecule has 0 bridgehead atoms. The number of halogens is 1. The Kier molecular flexibility index (Phi) is 6.24. The number of benzene rings is 3. The van der Waals surface area contributed by atoms with Crippen LogP contribution in [0.15, 0.2) is 70.5 Å². The molecule has 0 fully saturated rings. The number of ketones is 1. The fourth-order valence-electron chi connectivity index (χ4n) is 3.87. The summed E-state index contributed by atoms with van der Waals surface area (Å²) in [6.45, 7) is 1.60. The van der Waals surface area contributed by atoms with Gasteiger partial charge in [0, 0.05) is 22.8 Å². The summed E-state index contributed by atoms with van der Waals surface area (Å²) in [4.78, 5) is 25.7. The molecule has 0 saturated heterocycles. The van der Waals surface area contributed by atoms with Crippen molar-refractivity contribution in [1.82, 2.24) is 0 Å². The van der Waals surface area contributed by atoms with Crippen molar-refractivity contribution in [2.45, 2.75) is 23.1 Å². The molecule has 0 unspecified atom stereocenters. The SMILES string of the molecule is CCCS(=O)(=O)N(C(=O)c1ccc2c(c1)S(=O)(=O)c1ccccc1C2=O)c1ccc(OC)c(F)c1. The number of anilines is 1. The lowest BCUT2D eigenvalue weighted by molar-refractivity contribution is 0.0999. The van der Waals surface area contributed by atoms with Crippen LogP contribution in [-0.4, -0.2) is 41.4 Å². The maximum atomic E-state index is 14.4. The molecular formula is C24H20FNO7S2. The Balaban J connectivity index is 1.87. The summed E-state index contributed by atoms with van der Waals surface area (Å²) in [5.41, 5.74) is -0.683. The van der Waals surface area contributed by atoms with E-state index >= 15 is 0 Å². The van der Waals surface area contributed by atoms with Crippen LogP contribution in [0.1, 0.15) is 39.6 Å². The lowest BCUT2D eigenvalue weighted by Crippen LogP contribution is -2.38. The van der Waals surface area contributed by atoms with E-state index in [2.05, 4.69) is 0 Å². The van der Waals surface area contributed by atoms with Gasteiger partial charge in [-0.05, 0) is 48.9 Å². The Labute approximate surface area is 201 Å². The van der Waals surface area contributed by atoms with Crippen LogP contribution in [0.25, 0.3) is 0 Å². The molecule has 3 aromatic rings. The van der Waals surface area contributed by atoms with Crippen LogP contribution in [0.4, 0.5) is 10.1 Å². The van der Waals surface area contributed by atoms with Gasteiger partial charge in [-0.15, -0.1) is 0 Å². The average molecular weight is 518 g/mol. The second kappa shape index (κ2) is 8.90. The molecule has 0 N–H and O–H groups in total. The molecule has 0 aliphatic carbocycles. The highest BCUT2D eigenvalue weighted by Crippen LogP contribution is 2.35. The predicted octanol–water partition coefficient (Wildman–Crippen LogP) is 3.60. The summed E-state index contributed by atoms with van der Waals surface area (Å²) in [6, 6.07) is 12.3. The van der Waals surface area contributed by atoms with Crippen LogP contribution >= 0.6 is 0 Å². The first-order valence-corrected chi connectivity index (χ1v) is 13.6. The van der Waals surface area contributed by atoms with Gasteiger partial charge in [-0.3, -0.25) is 9.59 Å². The van der Waals surface area contributed by atoms with Crippen molar-refractivity contribution in [3.8, 4) is 5.75 Å². The van der Waals surface area contributed by atoms with E-state index in [1.54, 1.807) is 13.0 Å². The van der Waals surface area contributed by atoms with Gasteiger partial charge in [0.15, 0.2) is 17.3 Å². The monoisotopic (exact) mass is 517 g/mol. The fourth-order valence-corrected chi connectivity index (χ4v) is 7.04. The predicted molar refractivity (Wildman–Crippen MR) is 126 cm³/mol. The number of hydrogen-bond donors (Lipinski definition) is 0. The summed E-state index contributed by atoms with van der Waals surface area (Å²) in [5.74, 6) is -3.07. The van der Waals surface area contributed by atoms with Crippen LogP contribution in [0.3, 0.4) is 0 Å². The Morgan fingerprint density at radius 2 is 1.69 bits per heavy atom. The number of fused-ring (bicyclic) bond motifs is 2. The summed E-state index contributed by atoms with van der Waals surface area (Å²) in [7, 11) is -7.18. The highest BCUT2D eigenvalue weighted by molar-refractivity contribution is 7.93. The Bertz CT molecular complexity index is 1580. The Morgan fingerprint density at radius 1 is 1.00 bits per heavy atom. The Morgan fingerprint density at radius 3 is 2.34 bits per heavy atom. The fraction of sp³-hybridized carbons (Fsp3) is 0.167. The van der Waals surface area contributed by atoms with Crippen LogP contribution in [0, 0.1) is 5.82 Å². The number of nitrogens with zero attached hydrogens (tertiary/aromatic N) is 1. The molecule has 0 spiro atoms. The molecule has 35 heavy (non-hydrogen) atoms. The number of hydrogen-bond acceptors (Lipinski definition) is 7. The maximum absolute atomic E-state index is 14.4. The van der Waals surface area contributed by atoms with Crippen LogP contribution < -0.4 is 9.04 Å². The lowest BCUT2D eigenvalue weighted by Gasteiger charge is -2.24. The number of ether oxygens (including phenoxy) is 1. The van der Waals surface area contributed by atoms with Gasteiger partial charge < -0.3 is 4.74 Å². The second-order valence-corrected chi connectivity index (χ2v) is 11.6. The van der Waals surface area contributed by atoms with E-state index < -0.39 is 48.0 Å². The van der Waals surface area contributed by atoms with E-state index in [0.717, 1.165) is 12.1 Å². The smallest absolute Gasteiger partial charge is 0.272 e. The van der Waals surface area contributed by atoms with E-state index in [-0.39, 0.29) is 39.4 Å². The number of sulfone groups is 1. The normalized spacial score (nSPS) is 14.1. The zero-order valence-corrected chi connectivity index (χ0v) is 20.3. The summed E-state index contributed by atoms with van der Waals surface area (Å²) in [6.07, 6.45) is 0.175. The molecule has 0 atom stereocenters. The summed E-state index contributed by atoms with van der Waals surface area (Å²) >= 11 is 0. The largest absolute Gasteiger partial charge is 0.494 e. The van der Waals surface area contributed by atoms with Crippen molar-refractivity contribution in [3.63, 3.8) is 0 Å².